The summed E-state index contributed by atoms with van der Waals surface area (Å²) >= 11 is 5.92. The van der Waals surface area contributed by atoms with Crippen molar-refractivity contribution in [2.75, 3.05) is 26.8 Å². The number of amides is 1. The Kier molecular flexibility index (Phi) is 4.66. The van der Waals surface area contributed by atoms with Crippen LogP contribution in [-0.2, 0) is 16.0 Å². The summed E-state index contributed by atoms with van der Waals surface area (Å²) in [5, 5.41) is 10.4. The summed E-state index contributed by atoms with van der Waals surface area (Å²) in [7, 11) is 1.63. The number of halogens is 1. The maximum Gasteiger partial charge on any atom is 0.223 e. The highest BCUT2D eigenvalue weighted by Gasteiger charge is 2.29. The van der Waals surface area contributed by atoms with Gasteiger partial charge >= 0.3 is 0 Å². The Morgan fingerprint density at radius 3 is 3.05 bits per heavy atom. The van der Waals surface area contributed by atoms with E-state index in [-0.39, 0.29) is 17.6 Å². The summed E-state index contributed by atoms with van der Waals surface area (Å²) in [5.41, 5.74) is 0.805. The number of hydrogen-bond donors (Lipinski definition) is 1. The van der Waals surface area contributed by atoms with Gasteiger partial charge in [-0.1, -0.05) is 11.6 Å². The van der Waals surface area contributed by atoms with Gasteiger partial charge in [0.15, 0.2) is 0 Å². The third-order valence-corrected chi connectivity index (χ3v) is 3.65. The number of ether oxygens (including phenoxy) is 1. The zero-order valence-electron chi connectivity index (χ0n) is 10.9. The lowest BCUT2D eigenvalue weighted by atomic mass is 9.98. The summed E-state index contributed by atoms with van der Waals surface area (Å²) in [6.07, 6.45) is 1.19. The number of aromatic hydroxyl groups is 1. The van der Waals surface area contributed by atoms with Gasteiger partial charge in [0, 0.05) is 31.6 Å². The molecule has 0 spiro atoms. The van der Waals surface area contributed by atoms with Crippen molar-refractivity contribution in [3.8, 4) is 5.75 Å². The zero-order valence-corrected chi connectivity index (χ0v) is 11.7. The van der Waals surface area contributed by atoms with Crippen molar-refractivity contribution in [2.24, 2.45) is 5.92 Å². The number of phenolic OH excluding ortho intramolecular Hbond substituents is 1. The van der Waals surface area contributed by atoms with Crippen LogP contribution in [0.3, 0.4) is 0 Å². The van der Waals surface area contributed by atoms with Gasteiger partial charge in [0.2, 0.25) is 5.91 Å². The number of methoxy groups -OCH3 is 1. The quantitative estimate of drug-likeness (QED) is 0.900. The van der Waals surface area contributed by atoms with Gasteiger partial charge in [-0.25, -0.2) is 0 Å². The summed E-state index contributed by atoms with van der Waals surface area (Å²) in [6.45, 7) is 1.91. The van der Waals surface area contributed by atoms with E-state index in [4.69, 9.17) is 16.3 Å². The molecule has 1 saturated heterocycles. The molecule has 1 atom stereocenters. The van der Waals surface area contributed by atoms with E-state index in [0.717, 1.165) is 5.56 Å². The fourth-order valence-electron chi connectivity index (χ4n) is 2.44. The van der Waals surface area contributed by atoms with Crippen LogP contribution in [0.2, 0.25) is 5.02 Å². The minimum Gasteiger partial charge on any atom is -0.508 e. The fraction of sp³-hybridized carbons (Fsp3) is 0.500. The van der Waals surface area contributed by atoms with Crippen molar-refractivity contribution in [3.05, 3.63) is 28.8 Å². The average molecular weight is 284 g/mol. The first kappa shape index (κ1) is 14.2. The second-order valence-corrected chi connectivity index (χ2v) is 5.32. The van der Waals surface area contributed by atoms with E-state index in [9.17, 15) is 9.90 Å². The molecule has 4 nitrogen and oxygen atoms in total. The molecule has 0 saturated carbocycles. The molecule has 2 rings (SSSR count). The lowest BCUT2D eigenvalue weighted by Gasteiger charge is -2.16. The Hall–Kier alpha value is -1.26. The van der Waals surface area contributed by atoms with E-state index in [1.165, 1.54) is 0 Å². The number of rotatable bonds is 5. The largest absolute Gasteiger partial charge is 0.508 e. The smallest absolute Gasteiger partial charge is 0.223 e. The van der Waals surface area contributed by atoms with Gasteiger partial charge < -0.3 is 14.7 Å². The first-order valence-corrected chi connectivity index (χ1v) is 6.72. The average Bonchev–Trinajstić information content (AvgIpc) is 2.72. The molecule has 0 bridgehead atoms. The molecule has 1 N–H and O–H groups in total. The van der Waals surface area contributed by atoms with Crippen LogP contribution in [-0.4, -0.2) is 42.7 Å². The number of hydrogen-bond acceptors (Lipinski definition) is 3. The molecule has 1 aromatic rings. The molecule has 1 fully saturated rings. The monoisotopic (exact) mass is 283 g/mol. The molecule has 19 heavy (non-hydrogen) atoms. The van der Waals surface area contributed by atoms with E-state index in [1.54, 1.807) is 25.3 Å². The van der Waals surface area contributed by atoms with Gasteiger partial charge in [-0.2, -0.15) is 0 Å². The van der Waals surface area contributed by atoms with Crippen molar-refractivity contribution in [1.82, 2.24) is 4.90 Å². The Bertz CT molecular complexity index is 464. The molecule has 1 aromatic carbocycles. The Labute approximate surface area is 117 Å². The zero-order chi connectivity index (χ0) is 13.8. The van der Waals surface area contributed by atoms with Crippen molar-refractivity contribution in [1.29, 1.82) is 0 Å². The minimum absolute atomic E-state index is 0.156. The predicted molar refractivity (Wildman–Crippen MR) is 73.4 cm³/mol. The Morgan fingerprint density at radius 1 is 1.53 bits per heavy atom. The number of nitrogens with zero attached hydrogens (tertiary/aromatic N) is 1. The molecule has 104 valence electrons. The summed E-state index contributed by atoms with van der Waals surface area (Å²) in [6, 6.07) is 5.02. The second kappa shape index (κ2) is 6.26. The van der Waals surface area contributed by atoms with Crippen molar-refractivity contribution in [2.45, 2.75) is 12.8 Å². The van der Waals surface area contributed by atoms with E-state index in [2.05, 4.69) is 0 Å². The van der Waals surface area contributed by atoms with Gasteiger partial charge in [-0.05, 0) is 36.1 Å². The molecular weight excluding hydrogens is 266 g/mol. The van der Waals surface area contributed by atoms with Gasteiger partial charge in [0.1, 0.15) is 5.75 Å². The van der Waals surface area contributed by atoms with E-state index < -0.39 is 0 Å². The van der Waals surface area contributed by atoms with Gasteiger partial charge in [0.25, 0.3) is 0 Å². The van der Waals surface area contributed by atoms with E-state index >= 15 is 0 Å². The lowest BCUT2D eigenvalue weighted by Crippen LogP contribution is -2.28. The number of phenols is 1. The molecule has 0 aromatic heterocycles. The maximum absolute atomic E-state index is 11.8. The summed E-state index contributed by atoms with van der Waals surface area (Å²) in [4.78, 5) is 13.6. The summed E-state index contributed by atoms with van der Waals surface area (Å²) < 4.78 is 4.99. The topological polar surface area (TPSA) is 49.8 Å². The number of likely N-dealkylation sites (tertiary alicyclic amines) is 1. The highest BCUT2D eigenvalue weighted by Crippen LogP contribution is 2.28. The second-order valence-electron chi connectivity index (χ2n) is 4.88. The normalized spacial score (nSPS) is 19.2. The van der Waals surface area contributed by atoms with Gasteiger partial charge in [-0.3, -0.25) is 4.79 Å². The molecule has 0 aliphatic carbocycles. The number of carbonyl (C=O) groups is 1. The van der Waals surface area contributed by atoms with Crippen LogP contribution in [0.15, 0.2) is 18.2 Å². The first-order chi connectivity index (χ1) is 9.10. The highest BCUT2D eigenvalue weighted by atomic mass is 35.5. The standard InChI is InChI=1S/C14H18ClNO3/c1-19-5-4-16-9-10(7-14(16)18)6-11-8-12(15)2-3-13(11)17/h2-3,8,10,17H,4-7,9H2,1H3. The fourth-order valence-corrected chi connectivity index (χ4v) is 2.63. The van der Waals surface area contributed by atoms with E-state index in [0.29, 0.717) is 37.6 Å². The van der Waals surface area contributed by atoms with Crippen LogP contribution in [0.25, 0.3) is 0 Å². The molecular formula is C14H18ClNO3. The van der Waals surface area contributed by atoms with Crippen LogP contribution in [0.5, 0.6) is 5.75 Å². The SMILES string of the molecule is COCCN1CC(Cc2cc(Cl)ccc2O)CC1=O. The molecule has 5 heteroatoms. The summed E-state index contributed by atoms with van der Waals surface area (Å²) in [5.74, 6) is 0.629. The molecule has 1 unspecified atom stereocenters. The molecule has 1 aliphatic rings. The van der Waals surface area contributed by atoms with Crippen LogP contribution in [0, 0.1) is 5.92 Å². The van der Waals surface area contributed by atoms with Crippen LogP contribution in [0.1, 0.15) is 12.0 Å². The molecule has 1 amide bonds. The molecule has 1 aliphatic heterocycles. The maximum atomic E-state index is 11.8. The molecule has 0 radical (unpaired) electrons. The molecule has 1 heterocycles. The van der Waals surface area contributed by atoms with Crippen LogP contribution >= 0.6 is 11.6 Å². The van der Waals surface area contributed by atoms with Crippen LogP contribution < -0.4 is 0 Å². The minimum atomic E-state index is 0.156. The van der Waals surface area contributed by atoms with Crippen molar-refractivity contribution < 1.29 is 14.6 Å². The van der Waals surface area contributed by atoms with Crippen LogP contribution in [0.4, 0.5) is 0 Å². The predicted octanol–water partition coefficient (Wildman–Crippen LogP) is 2.08. The highest BCUT2D eigenvalue weighted by molar-refractivity contribution is 6.30. The van der Waals surface area contributed by atoms with Crippen molar-refractivity contribution in [3.63, 3.8) is 0 Å². The van der Waals surface area contributed by atoms with E-state index in [1.807, 2.05) is 4.90 Å². The first-order valence-electron chi connectivity index (χ1n) is 6.34. The third-order valence-electron chi connectivity index (χ3n) is 3.41. The Balaban J connectivity index is 1.97. The third kappa shape index (κ3) is 3.61. The van der Waals surface area contributed by atoms with Gasteiger partial charge in [0.05, 0.1) is 6.61 Å². The number of benzene rings is 1. The lowest BCUT2D eigenvalue weighted by molar-refractivity contribution is -0.128. The number of carbonyl (C=O) groups excluding carboxylic acids is 1. The van der Waals surface area contributed by atoms with Crippen molar-refractivity contribution >= 4 is 17.5 Å². The Morgan fingerprint density at radius 2 is 2.32 bits per heavy atom. The van der Waals surface area contributed by atoms with Gasteiger partial charge in [-0.15, -0.1) is 0 Å².